The summed E-state index contributed by atoms with van der Waals surface area (Å²) in [6.07, 6.45) is 5.66. The average molecular weight is 441 g/mol. The quantitative estimate of drug-likeness (QED) is 0.308. The van der Waals surface area contributed by atoms with Crippen molar-refractivity contribution in [3.8, 4) is 11.6 Å². The van der Waals surface area contributed by atoms with Crippen LogP contribution in [0.5, 0.6) is 0 Å². The highest BCUT2D eigenvalue weighted by molar-refractivity contribution is 14.0. The first kappa shape index (κ1) is 18.0. The second-order valence-electron chi connectivity index (χ2n) is 4.86. The largest absolute Gasteiger partial charge is 0.461 e. The molecule has 3 heterocycles. The highest BCUT2D eigenvalue weighted by Crippen LogP contribution is 2.14. The van der Waals surface area contributed by atoms with Crippen LogP contribution in [0.25, 0.3) is 11.6 Å². The van der Waals surface area contributed by atoms with Crippen LogP contribution in [0, 0.1) is 0 Å². The second-order valence-corrected chi connectivity index (χ2v) is 4.86. The fourth-order valence-corrected chi connectivity index (χ4v) is 2.10. The monoisotopic (exact) mass is 441 g/mol. The number of furan rings is 1. The molecule has 3 aromatic heterocycles. The minimum atomic E-state index is 0. The number of hydrogen-bond donors (Lipinski definition) is 3. The number of nitrogens with zero attached hydrogens (tertiary/aromatic N) is 4. The van der Waals surface area contributed by atoms with Crippen molar-refractivity contribution >= 4 is 29.9 Å². The molecule has 0 unspecified atom stereocenters. The van der Waals surface area contributed by atoms with E-state index in [-0.39, 0.29) is 24.0 Å². The van der Waals surface area contributed by atoms with Gasteiger partial charge in [0.05, 0.1) is 12.8 Å². The molecule has 0 aliphatic heterocycles. The van der Waals surface area contributed by atoms with E-state index in [9.17, 15) is 0 Å². The van der Waals surface area contributed by atoms with Gasteiger partial charge in [0.1, 0.15) is 5.82 Å². The summed E-state index contributed by atoms with van der Waals surface area (Å²) in [5, 5.41) is 13.4. The first-order chi connectivity index (χ1) is 11.3. The third-order valence-corrected chi connectivity index (χ3v) is 3.25. The van der Waals surface area contributed by atoms with Gasteiger partial charge in [-0.2, -0.15) is 0 Å². The van der Waals surface area contributed by atoms with Crippen LogP contribution >= 0.6 is 24.0 Å². The number of hydrogen-bond acceptors (Lipinski definition) is 4. The van der Waals surface area contributed by atoms with Crippen molar-refractivity contribution in [2.75, 3.05) is 13.6 Å². The molecule has 0 aliphatic rings. The molecular weight excluding hydrogens is 421 g/mol. The van der Waals surface area contributed by atoms with Gasteiger partial charge < -0.3 is 19.6 Å². The van der Waals surface area contributed by atoms with Crippen LogP contribution in [0.15, 0.2) is 52.3 Å². The van der Waals surface area contributed by atoms with E-state index in [1.165, 1.54) is 0 Å². The maximum absolute atomic E-state index is 5.26. The van der Waals surface area contributed by atoms with Gasteiger partial charge in [0, 0.05) is 32.5 Å². The Labute approximate surface area is 156 Å². The lowest BCUT2D eigenvalue weighted by molar-refractivity contribution is 0.577. The van der Waals surface area contributed by atoms with E-state index in [2.05, 4.69) is 35.4 Å². The number of H-pyrrole nitrogens is 1. The molecule has 24 heavy (non-hydrogen) atoms. The summed E-state index contributed by atoms with van der Waals surface area (Å²) < 4.78 is 7.37. The molecule has 9 heteroatoms. The van der Waals surface area contributed by atoms with Crippen LogP contribution in [0.2, 0.25) is 0 Å². The predicted molar refractivity (Wildman–Crippen MR) is 102 cm³/mol. The molecule has 0 saturated heterocycles. The summed E-state index contributed by atoms with van der Waals surface area (Å²) >= 11 is 0. The van der Waals surface area contributed by atoms with Gasteiger partial charge in [-0.05, 0) is 24.3 Å². The van der Waals surface area contributed by atoms with Crippen molar-refractivity contribution in [2.45, 2.75) is 13.1 Å². The number of nitrogens with one attached hydrogen (secondary N) is 3. The highest BCUT2D eigenvalue weighted by atomic mass is 127. The zero-order valence-electron chi connectivity index (χ0n) is 13.3. The van der Waals surface area contributed by atoms with E-state index in [0.717, 1.165) is 13.1 Å². The van der Waals surface area contributed by atoms with Gasteiger partial charge in [0.25, 0.3) is 0 Å². The van der Waals surface area contributed by atoms with Gasteiger partial charge in [-0.1, -0.05) is 0 Å². The molecule has 0 aromatic carbocycles. The van der Waals surface area contributed by atoms with Gasteiger partial charge >= 0.3 is 0 Å². The van der Waals surface area contributed by atoms with Crippen LogP contribution in [0.1, 0.15) is 5.82 Å². The molecule has 3 N–H and O–H groups in total. The van der Waals surface area contributed by atoms with E-state index in [0.29, 0.717) is 29.9 Å². The number of aromatic nitrogens is 4. The summed E-state index contributed by atoms with van der Waals surface area (Å²) in [6, 6.07) is 7.64. The lowest BCUT2D eigenvalue weighted by Crippen LogP contribution is -2.38. The Kier molecular flexibility index (Phi) is 6.85. The maximum Gasteiger partial charge on any atom is 0.216 e. The van der Waals surface area contributed by atoms with Crippen molar-refractivity contribution in [1.82, 2.24) is 30.4 Å². The number of halogens is 1. The summed E-state index contributed by atoms with van der Waals surface area (Å²) in [6.45, 7) is 2.15. The maximum atomic E-state index is 5.26. The number of aromatic amines is 1. The van der Waals surface area contributed by atoms with Crippen LogP contribution < -0.4 is 10.6 Å². The number of aliphatic imine (C=N–C) groups is 1. The molecule has 8 nitrogen and oxygen atoms in total. The Balaban J connectivity index is 0.00000208. The summed E-state index contributed by atoms with van der Waals surface area (Å²) in [7, 11) is 1.74. The van der Waals surface area contributed by atoms with Gasteiger partial charge in [-0.25, -0.2) is 4.98 Å². The molecule has 128 valence electrons. The zero-order valence-corrected chi connectivity index (χ0v) is 15.6. The highest BCUT2D eigenvalue weighted by Gasteiger charge is 2.08. The third kappa shape index (κ3) is 4.85. The van der Waals surface area contributed by atoms with Crippen LogP contribution in [-0.2, 0) is 13.1 Å². The lowest BCUT2D eigenvalue weighted by atomic mass is 10.4. The molecule has 3 rings (SSSR count). The molecule has 0 saturated carbocycles. The van der Waals surface area contributed by atoms with Gasteiger partial charge in [0.15, 0.2) is 11.7 Å². The fourth-order valence-electron chi connectivity index (χ4n) is 2.10. The van der Waals surface area contributed by atoms with Gasteiger partial charge in [-0.3, -0.25) is 10.1 Å². The SMILES string of the molecule is CN=C(NCCn1cccc1)NCc1nc(-c2ccco2)n[nH]1.I. The Morgan fingerprint density at radius 2 is 2.12 bits per heavy atom. The Hall–Kier alpha value is -2.30. The minimum Gasteiger partial charge on any atom is -0.461 e. The minimum absolute atomic E-state index is 0. The smallest absolute Gasteiger partial charge is 0.216 e. The molecule has 0 bridgehead atoms. The van der Waals surface area contributed by atoms with Crippen molar-refractivity contribution in [3.05, 3.63) is 48.7 Å². The molecule has 0 amide bonds. The molecule has 0 fully saturated rings. The normalized spacial score (nSPS) is 11.1. The molecule has 0 spiro atoms. The topological polar surface area (TPSA) is 96.1 Å². The Morgan fingerprint density at radius 3 is 2.83 bits per heavy atom. The number of guanidine groups is 1. The predicted octanol–water partition coefficient (Wildman–Crippen LogP) is 1.85. The summed E-state index contributed by atoms with van der Waals surface area (Å²) in [4.78, 5) is 8.55. The lowest BCUT2D eigenvalue weighted by Gasteiger charge is -2.11. The van der Waals surface area contributed by atoms with Crippen molar-refractivity contribution in [2.24, 2.45) is 4.99 Å². The molecule has 3 aromatic rings. The van der Waals surface area contributed by atoms with Gasteiger partial charge in [0.2, 0.25) is 5.82 Å². The van der Waals surface area contributed by atoms with E-state index in [1.54, 1.807) is 19.4 Å². The van der Waals surface area contributed by atoms with Crippen molar-refractivity contribution in [1.29, 1.82) is 0 Å². The molecule has 0 atom stereocenters. The van der Waals surface area contributed by atoms with Crippen LogP contribution in [-0.4, -0.2) is 39.3 Å². The first-order valence-electron chi connectivity index (χ1n) is 7.35. The van der Waals surface area contributed by atoms with Crippen LogP contribution in [0.4, 0.5) is 0 Å². The third-order valence-electron chi connectivity index (χ3n) is 3.25. The second kappa shape index (κ2) is 9.11. The van der Waals surface area contributed by atoms with E-state index in [4.69, 9.17) is 4.42 Å². The fraction of sp³-hybridized carbons (Fsp3) is 0.267. The molecule has 0 aliphatic carbocycles. The standard InChI is InChI=1S/C15H19N7O.HI/c1-16-15(17-6-9-22-7-2-3-8-22)18-11-13-19-14(21-20-13)12-5-4-10-23-12;/h2-5,7-8,10H,6,9,11H2,1H3,(H2,16,17,18)(H,19,20,21);1H. The number of rotatable bonds is 6. The molecular formula is C15H20IN7O. The summed E-state index contributed by atoms with van der Waals surface area (Å²) in [5.74, 6) is 2.61. The van der Waals surface area contributed by atoms with Gasteiger partial charge in [-0.15, -0.1) is 29.1 Å². The van der Waals surface area contributed by atoms with E-state index >= 15 is 0 Å². The van der Waals surface area contributed by atoms with Crippen LogP contribution in [0.3, 0.4) is 0 Å². The van der Waals surface area contributed by atoms with E-state index in [1.807, 2.05) is 30.6 Å². The Bertz CT molecular complexity index is 734. The first-order valence-corrected chi connectivity index (χ1v) is 7.35. The van der Waals surface area contributed by atoms with E-state index < -0.39 is 0 Å². The summed E-state index contributed by atoms with van der Waals surface area (Å²) in [5.41, 5.74) is 0. The molecule has 0 radical (unpaired) electrons. The van der Waals surface area contributed by atoms with Crippen molar-refractivity contribution in [3.63, 3.8) is 0 Å². The van der Waals surface area contributed by atoms with Crippen molar-refractivity contribution < 1.29 is 4.42 Å². The zero-order chi connectivity index (χ0) is 15.9. The average Bonchev–Trinajstić information content (AvgIpc) is 3.32. The Morgan fingerprint density at radius 1 is 1.29 bits per heavy atom.